The molecule has 1 aromatic heterocycles. The van der Waals surface area contributed by atoms with Crippen molar-refractivity contribution in [1.82, 2.24) is 10.3 Å². The zero-order valence-corrected chi connectivity index (χ0v) is 9.27. The molecule has 0 unspecified atom stereocenters. The molecule has 17 heavy (non-hydrogen) atoms. The van der Waals surface area contributed by atoms with Crippen LogP contribution in [-0.2, 0) is 0 Å². The molecule has 1 saturated carbocycles. The Hall–Kier alpha value is -2.09. The summed E-state index contributed by atoms with van der Waals surface area (Å²) in [6.45, 7) is 0. The van der Waals surface area contributed by atoms with E-state index < -0.39 is 0 Å². The average molecular weight is 231 g/mol. The number of nitrogens with zero attached hydrogens (tertiary/aromatic N) is 1. The van der Waals surface area contributed by atoms with Crippen molar-refractivity contribution in [3.8, 4) is 6.07 Å². The van der Waals surface area contributed by atoms with E-state index in [1.165, 1.54) is 12.1 Å². The lowest BCUT2D eigenvalue weighted by Gasteiger charge is -2.15. The fourth-order valence-corrected chi connectivity index (χ4v) is 2.11. The quantitative estimate of drug-likeness (QED) is 0.789. The number of hydrogen-bond donors (Lipinski definition) is 2. The Bertz CT molecular complexity index is 515. The Labute approximate surface area is 98.5 Å². The number of H-pyrrole nitrogens is 1. The van der Waals surface area contributed by atoms with E-state index in [0.717, 1.165) is 19.3 Å². The number of amides is 1. The van der Waals surface area contributed by atoms with Crippen LogP contribution in [0.5, 0.6) is 0 Å². The smallest absolute Gasteiger partial charge is 0.268 e. The first kappa shape index (κ1) is 11.4. The van der Waals surface area contributed by atoms with Crippen LogP contribution >= 0.6 is 0 Å². The molecule has 1 aliphatic rings. The number of aromatic amines is 1. The molecule has 0 bridgehead atoms. The van der Waals surface area contributed by atoms with Crippen LogP contribution in [0, 0.1) is 17.2 Å². The van der Waals surface area contributed by atoms with Crippen molar-refractivity contribution in [3.05, 3.63) is 34.2 Å². The van der Waals surface area contributed by atoms with Gasteiger partial charge in [0.05, 0.1) is 12.0 Å². The summed E-state index contributed by atoms with van der Waals surface area (Å²) >= 11 is 0. The van der Waals surface area contributed by atoms with Gasteiger partial charge >= 0.3 is 0 Å². The zero-order valence-electron chi connectivity index (χ0n) is 9.27. The second kappa shape index (κ2) is 4.83. The molecule has 0 aromatic carbocycles. The third kappa shape index (κ3) is 2.53. The summed E-state index contributed by atoms with van der Waals surface area (Å²) in [7, 11) is 0. The fraction of sp³-hybridized carbons (Fsp3) is 0.417. The number of aromatic nitrogens is 1. The van der Waals surface area contributed by atoms with Crippen LogP contribution in [-0.4, -0.2) is 16.9 Å². The van der Waals surface area contributed by atoms with Gasteiger partial charge in [0.15, 0.2) is 0 Å². The van der Waals surface area contributed by atoms with Crippen molar-refractivity contribution in [1.29, 1.82) is 5.26 Å². The van der Waals surface area contributed by atoms with Gasteiger partial charge in [0.25, 0.3) is 5.91 Å². The minimum atomic E-state index is -0.324. The Balaban J connectivity index is 2.07. The second-order valence-corrected chi connectivity index (χ2v) is 4.18. The van der Waals surface area contributed by atoms with Gasteiger partial charge in [-0.05, 0) is 25.3 Å². The maximum atomic E-state index is 11.8. The summed E-state index contributed by atoms with van der Waals surface area (Å²) in [6, 6.07) is 6.53. The Kier molecular flexibility index (Phi) is 3.24. The van der Waals surface area contributed by atoms with Crippen molar-refractivity contribution in [2.75, 3.05) is 0 Å². The maximum Gasteiger partial charge on any atom is 0.268 e. The first-order chi connectivity index (χ1) is 8.20. The van der Waals surface area contributed by atoms with Gasteiger partial charge in [-0.15, -0.1) is 0 Å². The molecule has 88 valence electrons. The molecule has 1 aromatic rings. The van der Waals surface area contributed by atoms with Crippen LogP contribution in [0.2, 0.25) is 0 Å². The highest BCUT2D eigenvalue weighted by Gasteiger charge is 2.28. The van der Waals surface area contributed by atoms with Crippen LogP contribution < -0.4 is 10.9 Å². The van der Waals surface area contributed by atoms with Crippen LogP contribution in [0.3, 0.4) is 0 Å². The van der Waals surface area contributed by atoms with E-state index in [0.29, 0.717) is 0 Å². The van der Waals surface area contributed by atoms with Gasteiger partial charge < -0.3 is 10.3 Å². The zero-order chi connectivity index (χ0) is 12.3. The average Bonchev–Trinajstić information content (AvgIpc) is 2.76. The molecule has 1 heterocycles. The summed E-state index contributed by atoms with van der Waals surface area (Å²) < 4.78 is 0. The predicted molar refractivity (Wildman–Crippen MR) is 61.3 cm³/mol. The highest BCUT2D eigenvalue weighted by atomic mass is 16.2. The van der Waals surface area contributed by atoms with Crippen molar-refractivity contribution in [3.63, 3.8) is 0 Å². The van der Waals surface area contributed by atoms with Crippen molar-refractivity contribution < 1.29 is 4.79 Å². The lowest BCUT2D eigenvalue weighted by Crippen LogP contribution is -2.37. The summed E-state index contributed by atoms with van der Waals surface area (Å²) in [5, 5.41) is 11.7. The maximum absolute atomic E-state index is 11.8. The molecule has 2 rings (SSSR count). The van der Waals surface area contributed by atoms with E-state index >= 15 is 0 Å². The largest absolute Gasteiger partial charge is 0.347 e. The van der Waals surface area contributed by atoms with Crippen LogP contribution in [0.1, 0.15) is 29.8 Å². The third-order valence-corrected chi connectivity index (χ3v) is 3.01. The second-order valence-electron chi connectivity index (χ2n) is 4.18. The van der Waals surface area contributed by atoms with Crippen molar-refractivity contribution >= 4 is 5.91 Å². The number of pyridine rings is 1. The van der Waals surface area contributed by atoms with Crippen LogP contribution in [0.25, 0.3) is 0 Å². The SMILES string of the molecule is N#C[C@H]1CCC[C@H]1NC(=O)c1cccc(=O)[nH]1. The molecular formula is C12H13N3O2. The first-order valence-corrected chi connectivity index (χ1v) is 5.60. The van der Waals surface area contributed by atoms with Gasteiger partial charge in [-0.3, -0.25) is 9.59 Å². The molecule has 1 amide bonds. The Morgan fingerprint density at radius 2 is 2.29 bits per heavy atom. The van der Waals surface area contributed by atoms with E-state index in [4.69, 9.17) is 5.26 Å². The number of carbonyl (C=O) groups is 1. The molecule has 5 nitrogen and oxygen atoms in total. The number of nitriles is 1. The first-order valence-electron chi connectivity index (χ1n) is 5.60. The fourth-order valence-electron chi connectivity index (χ4n) is 2.11. The number of rotatable bonds is 2. The number of hydrogen-bond acceptors (Lipinski definition) is 3. The lowest BCUT2D eigenvalue weighted by molar-refractivity contribution is 0.0927. The molecule has 1 aliphatic carbocycles. The summed E-state index contributed by atoms with van der Waals surface area (Å²) in [6.07, 6.45) is 2.60. The predicted octanol–water partition coefficient (Wildman–Crippen LogP) is 0.797. The van der Waals surface area contributed by atoms with Gasteiger partial charge in [0, 0.05) is 12.1 Å². The highest BCUT2D eigenvalue weighted by Crippen LogP contribution is 2.24. The Morgan fingerprint density at radius 3 is 3.00 bits per heavy atom. The van der Waals surface area contributed by atoms with E-state index in [1.54, 1.807) is 6.07 Å². The summed E-state index contributed by atoms with van der Waals surface area (Å²) in [4.78, 5) is 25.4. The van der Waals surface area contributed by atoms with Crippen LogP contribution in [0.4, 0.5) is 0 Å². The minimum absolute atomic E-state index is 0.101. The minimum Gasteiger partial charge on any atom is -0.347 e. The normalized spacial score (nSPS) is 23.0. The topological polar surface area (TPSA) is 85.8 Å². The molecule has 2 atom stereocenters. The van der Waals surface area contributed by atoms with Crippen LogP contribution in [0.15, 0.2) is 23.0 Å². The van der Waals surface area contributed by atoms with E-state index in [9.17, 15) is 9.59 Å². The Morgan fingerprint density at radius 1 is 1.47 bits per heavy atom. The van der Waals surface area contributed by atoms with E-state index in [2.05, 4.69) is 16.4 Å². The van der Waals surface area contributed by atoms with Gasteiger partial charge in [-0.1, -0.05) is 6.07 Å². The summed E-state index contributed by atoms with van der Waals surface area (Å²) in [5.74, 6) is -0.441. The molecule has 0 aliphatic heterocycles. The van der Waals surface area contributed by atoms with E-state index in [-0.39, 0.29) is 29.1 Å². The molecule has 2 N–H and O–H groups in total. The van der Waals surface area contributed by atoms with Gasteiger partial charge in [-0.2, -0.15) is 5.26 Å². The molecule has 0 spiro atoms. The van der Waals surface area contributed by atoms with Gasteiger partial charge in [-0.25, -0.2) is 0 Å². The standard InChI is InChI=1S/C12H13N3O2/c13-7-8-3-1-4-9(8)15-12(17)10-5-2-6-11(16)14-10/h2,5-6,8-9H,1,3-4H2,(H,14,16)(H,15,17)/t8-,9-/m1/s1. The molecule has 0 radical (unpaired) electrons. The molecule has 1 fully saturated rings. The third-order valence-electron chi connectivity index (χ3n) is 3.01. The lowest BCUT2D eigenvalue weighted by atomic mass is 10.1. The molecular weight excluding hydrogens is 218 g/mol. The number of carbonyl (C=O) groups excluding carboxylic acids is 1. The van der Waals surface area contributed by atoms with E-state index in [1.807, 2.05) is 0 Å². The number of nitrogens with one attached hydrogen (secondary N) is 2. The molecule has 0 saturated heterocycles. The van der Waals surface area contributed by atoms with Gasteiger partial charge in [0.2, 0.25) is 5.56 Å². The van der Waals surface area contributed by atoms with Crippen molar-refractivity contribution in [2.45, 2.75) is 25.3 Å². The highest BCUT2D eigenvalue weighted by molar-refractivity contribution is 5.92. The van der Waals surface area contributed by atoms with Gasteiger partial charge in [0.1, 0.15) is 5.69 Å². The monoisotopic (exact) mass is 231 g/mol. The van der Waals surface area contributed by atoms with Crippen molar-refractivity contribution in [2.24, 2.45) is 5.92 Å². The summed E-state index contributed by atoms with van der Waals surface area (Å²) in [5.41, 5.74) is -0.0676. The molecule has 5 heteroatoms.